The van der Waals surface area contributed by atoms with Gasteiger partial charge in [-0.1, -0.05) is 11.6 Å². The fourth-order valence-corrected chi connectivity index (χ4v) is 2.91. The summed E-state index contributed by atoms with van der Waals surface area (Å²) < 4.78 is 45.6. The molecule has 0 unspecified atom stereocenters. The van der Waals surface area contributed by atoms with E-state index in [1.165, 1.54) is 18.6 Å². The van der Waals surface area contributed by atoms with E-state index in [-0.39, 0.29) is 5.75 Å². The average Bonchev–Trinajstić information content (AvgIpc) is 3.11. The zero-order valence-corrected chi connectivity index (χ0v) is 15.6. The summed E-state index contributed by atoms with van der Waals surface area (Å²) in [5.41, 5.74) is 1.60. The van der Waals surface area contributed by atoms with Crippen LogP contribution in [0.4, 0.5) is 29.3 Å². The molecule has 10 heteroatoms. The molecule has 2 amide bonds. The maximum absolute atomic E-state index is 12.2. The Hall–Kier alpha value is -3.56. The van der Waals surface area contributed by atoms with E-state index < -0.39 is 12.4 Å². The molecule has 0 radical (unpaired) electrons. The molecule has 2 N–H and O–H groups in total. The molecule has 1 heterocycles. The lowest BCUT2D eigenvalue weighted by atomic mass is 9.85. The Kier molecular flexibility index (Phi) is 5.30. The molecule has 7 nitrogen and oxygen atoms in total. The Morgan fingerprint density at radius 3 is 2.13 bits per heavy atom. The molecule has 30 heavy (non-hydrogen) atoms. The highest BCUT2D eigenvalue weighted by Crippen LogP contribution is 2.36. The number of alkyl halides is 3. The molecule has 0 saturated heterocycles. The lowest BCUT2D eigenvalue weighted by Crippen LogP contribution is -2.19. The Morgan fingerprint density at radius 2 is 1.60 bits per heavy atom. The first-order chi connectivity index (χ1) is 14.4. The van der Waals surface area contributed by atoms with Crippen LogP contribution in [0.1, 0.15) is 31.1 Å². The number of halogens is 3. The molecule has 1 aromatic heterocycles. The summed E-state index contributed by atoms with van der Waals surface area (Å²) in [4.78, 5) is 16.5. The van der Waals surface area contributed by atoms with Gasteiger partial charge in [-0.2, -0.15) is 4.98 Å². The number of amides is 2. The monoisotopic (exact) mass is 418 g/mol. The van der Waals surface area contributed by atoms with E-state index >= 15 is 0 Å². The number of rotatable bonds is 5. The molecule has 1 aliphatic carbocycles. The van der Waals surface area contributed by atoms with Crippen molar-refractivity contribution in [1.29, 1.82) is 0 Å². The quantitative estimate of drug-likeness (QED) is 0.567. The second kappa shape index (κ2) is 8.05. The number of carbonyl (C=O) groups excluding carboxylic acids is 1. The van der Waals surface area contributed by atoms with Gasteiger partial charge in [0.25, 0.3) is 0 Å². The van der Waals surface area contributed by atoms with E-state index in [1.54, 1.807) is 24.3 Å². The number of aromatic nitrogens is 2. The lowest BCUT2D eigenvalue weighted by Gasteiger charge is -2.20. The van der Waals surface area contributed by atoms with Gasteiger partial charge in [0.2, 0.25) is 11.7 Å². The van der Waals surface area contributed by atoms with Gasteiger partial charge in [0.05, 0.1) is 0 Å². The Labute approximate surface area is 169 Å². The predicted octanol–water partition coefficient (Wildman–Crippen LogP) is 5.55. The van der Waals surface area contributed by atoms with Crippen LogP contribution in [0.25, 0.3) is 11.4 Å². The molecular weight excluding hydrogens is 401 g/mol. The van der Waals surface area contributed by atoms with Gasteiger partial charge in [-0.15, -0.1) is 13.2 Å². The first-order valence-corrected chi connectivity index (χ1v) is 9.23. The summed E-state index contributed by atoms with van der Waals surface area (Å²) in [6, 6.07) is 11.2. The SMILES string of the molecule is O=C(Nc1ccc(OC(F)(F)F)cc1)Nc1ccc(-c2noc(C3CCC3)n2)cc1. The second-order valence-electron chi connectivity index (χ2n) is 6.81. The third-order valence-corrected chi connectivity index (χ3v) is 4.64. The first-order valence-electron chi connectivity index (χ1n) is 9.23. The highest BCUT2D eigenvalue weighted by Gasteiger charge is 2.31. The summed E-state index contributed by atoms with van der Waals surface area (Å²) in [5, 5.41) is 9.17. The van der Waals surface area contributed by atoms with E-state index in [9.17, 15) is 18.0 Å². The van der Waals surface area contributed by atoms with Crippen LogP contribution in [-0.4, -0.2) is 22.5 Å². The summed E-state index contributed by atoms with van der Waals surface area (Å²) >= 11 is 0. The van der Waals surface area contributed by atoms with Crippen LogP contribution in [0.3, 0.4) is 0 Å². The highest BCUT2D eigenvalue weighted by atomic mass is 19.4. The van der Waals surface area contributed by atoms with Crippen molar-refractivity contribution >= 4 is 17.4 Å². The van der Waals surface area contributed by atoms with Crippen LogP contribution in [-0.2, 0) is 0 Å². The van der Waals surface area contributed by atoms with E-state index in [0.29, 0.717) is 29.0 Å². The number of urea groups is 1. The maximum atomic E-state index is 12.2. The molecule has 1 aliphatic rings. The topological polar surface area (TPSA) is 89.3 Å². The number of hydrogen-bond acceptors (Lipinski definition) is 5. The van der Waals surface area contributed by atoms with Gasteiger partial charge in [-0.05, 0) is 61.4 Å². The fraction of sp³-hybridized carbons (Fsp3) is 0.250. The summed E-state index contributed by atoms with van der Waals surface area (Å²) in [7, 11) is 0. The van der Waals surface area contributed by atoms with Crippen molar-refractivity contribution in [1.82, 2.24) is 10.1 Å². The number of carbonyl (C=O) groups is 1. The van der Waals surface area contributed by atoms with Gasteiger partial charge >= 0.3 is 12.4 Å². The minimum absolute atomic E-state index is 0.314. The molecule has 1 fully saturated rings. The molecule has 0 bridgehead atoms. The van der Waals surface area contributed by atoms with Crippen molar-refractivity contribution in [2.75, 3.05) is 10.6 Å². The number of hydrogen-bond donors (Lipinski definition) is 2. The number of anilines is 2. The molecule has 0 spiro atoms. The lowest BCUT2D eigenvalue weighted by molar-refractivity contribution is -0.274. The van der Waals surface area contributed by atoms with Crippen molar-refractivity contribution < 1.29 is 27.2 Å². The van der Waals surface area contributed by atoms with E-state index in [1.807, 2.05) is 0 Å². The standard InChI is InChI=1S/C20H17F3N4O3/c21-20(22,23)29-16-10-8-15(9-11-16)25-19(28)24-14-6-4-12(5-7-14)17-26-18(30-27-17)13-2-1-3-13/h4-11,13H,1-3H2,(H2,24,25,28). The van der Waals surface area contributed by atoms with Crippen LogP contribution < -0.4 is 15.4 Å². The third kappa shape index (κ3) is 4.88. The Morgan fingerprint density at radius 1 is 1.00 bits per heavy atom. The largest absolute Gasteiger partial charge is 0.573 e. The Bertz CT molecular complexity index is 1010. The second-order valence-corrected chi connectivity index (χ2v) is 6.81. The average molecular weight is 418 g/mol. The zero-order valence-electron chi connectivity index (χ0n) is 15.6. The van der Waals surface area contributed by atoms with Crippen molar-refractivity contribution in [3.63, 3.8) is 0 Å². The molecule has 1 saturated carbocycles. The van der Waals surface area contributed by atoms with Crippen LogP contribution >= 0.6 is 0 Å². The number of nitrogens with zero attached hydrogens (tertiary/aromatic N) is 2. The van der Waals surface area contributed by atoms with Crippen molar-refractivity contribution in [2.24, 2.45) is 0 Å². The molecule has 3 aromatic rings. The summed E-state index contributed by atoms with van der Waals surface area (Å²) in [5.74, 6) is 1.13. The van der Waals surface area contributed by atoms with Gasteiger partial charge in [-0.3, -0.25) is 0 Å². The van der Waals surface area contributed by atoms with E-state index in [4.69, 9.17) is 4.52 Å². The zero-order chi connectivity index (χ0) is 21.1. The normalized spacial score (nSPS) is 14.1. The molecule has 0 aliphatic heterocycles. The van der Waals surface area contributed by atoms with Crippen LogP contribution in [0, 0.1) is 0 Å². The number of benzene rings is 2. The van der Waals surface area contributed by atoms with Crippen molar-refractivity contribution in [3.8, 4) is 17.1 Å². The smallest absolute Gasteiger partial charge is 0.406 e. The summed E-state index contributed by atoms with van der Waals surface area (Å²) in [6.07, 6.45) is -1.45. The van der Waals surface area contributed by atoms with E-state index in [0.717, 1.165) is 30.5 Å². The maximum Gasteiger partial charge on any atom is 0.573 e. The van der Waals surface area contributed by atoms with Gasteiger partial charge < -0.3 is 19.9 Å². The predicted molar refractivity (Wildman–Crippen MR) is 102 cm³/mol. The van der Waals surface area contributed by atoms with Crippen LogP contribution in [0.5, 0.6) is 5.75 Å². The molecular formula is C20H17F3N4O3. The molecule has 2 aromatic carbocycles. The third-order valence-electron chi connectivity index (χ3n) is 4.64. The van der Waals surface area contributed by atoms with Gasteiger partial charge in [-0.25, -0.2) is 4.79 Å². The van der Waals surface area contributed by atoms with Crippen molar-refractivity contribution in [2.45, 2.75) is 31.5 Å². The van der Waals surface area contributed by atoms with Gasteiger partial charge in [0, 0.05) is 22.9 Å². The Balaban J connectivity index is 1.33. The first kappa shape index (κ1) is 19.7. The molecule has 156 valence electrons. The van der Waals surface area contributed by atoms with Crippen molar-refractivity contribution in [3.05, 3.63) is 54.4 Å². The molecule has 4 rings (SSSR count). The summed E-state index contributed by atoms with van der Waals surface area (Å²) in [6.45, 7) is 0. The van der Waals surface area contributed by atoms with Crippen LogP contribution in [0.15, 0.2) is 53.1 Å². The van der Waals surface area contributed by atoms with Crippen LogP contribution in [0.2, 0.25) is 0 Å². The highest BCUT2D eigenvalue weighted by molar-refractivity contribution is 5.99. The number of ether oxygens (including phenoxy) is 1. The minimum atomic E-state index is -4.77. The molecule has 0 atom stereocenters. The van der Waals surface area contributed by atoms with E-state index in [2.05, 4.69) is 25.5 Å². The fourth-order valence-electron chi connectivity index (χ4n) is 2.91. The van der Waals surface area contributed by atoms with Gasteiger partial charge in [0.15, 0.2) is 0 Å². The number of nitrogens with one attached hydrogen (secondary N) is 2. The van der Waals surface area contributed by atoms with Gasteiger partial charge in [0.1, 0.15) is 5.75 Å². The minimum Gasteiger partial charge on any atom is -0.406 e.